The van der Waals surface area contributed by atoms with Gasteiger partial charge in [-0.25, -0.2) is 9.79 Å². The van der Waals surface area contributed by atoms with Crippen molar-refractivity contribution in [3.63, 3.8) is 0 Å². The summed E-state index contributed by atoms with van der Waals surface area (Å²) in [4.78, 5) is 32.7. The van der Waals surface area contributed by atoms with E-state index in [0.717, 1.165) is 38.5 Å². The molecule has 31 heavy (non-hydrogen) atoms. The predicted molar refractivity (Wildman–Crippen MR) is 115 cm³/mol. The molecule has 2 fully saturated rings. The van der Waals surface area contributed by atoms with Crippen molar-refractivity contribution in [3.8, 4) is 5.88 Å². The maximum absolute atomic E-state index is 11.5. The van der Waals surface area contributed by atoms with Gasteiger partial charge in [0.05, 0.1) is 12.2 Å². The van der Waals surface area contributed by atoms with Crippen LogP contribution in [-0.4, -0.2) is 71.8 Å². The Morgan fingerprint density at radius 2 is 1.97 bits per heavy atom. The summed E-state index contributed by atoms with van der Waals surface area (Å²) < 4.78 is 1.61. The standard InChI is InChI=1S/C20H27N9O2/c1-28(2)14-7-5-12(6-8-14)22-18-25-16-11(9-15-17(30)26-20(31)24-15)10-21-29(16)19(27-18)23-13-3-4-13/h9-10,12-14,30H,3-8H2,1-2H3,(H,22,23,27)(H2,24,26,31). The lowest BCUT2D eigenvalue weighted by Crippen LogP contribution is -2.37. The normalized spacial score (nSPS) is 23.2. The highest BCUT2D eigenvalue weighted by Crippen LogP contribution is 2.24. The third-order valence-corrected chi connectivity index (χ3v) is 6.02. The van der Waals surface area contributed by atoms with E-state index in [-0.39, 0.29) is 17.6 Å². The van der Waals surface area contributed by atoms with Crippen LogP contribution in [0.2, 0.25) is 0 Å². The zero-order chi connectivity index (χ0) is 21.5. The van der Waals surface area contributed by atoms with Gasteiger partial charge >= 0.3 is 5.69 Å². The molecule has 3 heterocycles. The van der Waals surface area contributed by atoms with Crippen molar-refractivity contribution >= 4 is 17.7 Å². The van der Waals surface area contributed by atoms with Crippen LogP contribution in [0.1, 0.15) is 44.2 Å². The van der Waals surface area contributed by atoms with Gasteiger partial charge in [-0.2, -0.15) is 19.6 Å². The molecule has 2 saturated carbocycles. The van der Waals surface area contributed by atoms with E-state index in [4.69, 9.17) is 9.98 Å². The Morgan fingerprint density at radius 1 is 1.19 bits per heavy atom. The minimum atomic E-state index is -0.477. The molecule has 5 rings (SSSR count). The fourth-order valence-corrected chi connectivity index (χ4v) is 4.06. The fourth-order valence-electron chi connectivity index (χ4n) is 4.06. The lowest BCUT2D eigenvalue weighted by Gasteiger charge is -2.32. The van der Waals surface area contributed by atoms with Gasteiger partial charge in [-0.15, -0.1) is 0 Å². The number of nitrogens with zero attached hydrogens (tertiary/aromatic N) is 6. The molecule has 11 heteroatoms. The van der Waals surface area contributed by atoms with Crippen molar-refractivity contribution < 1.29 is 5.11 Å². The van der Waals surface area contributed by atoms with Gasteiger partial charge in [0, 0.05) is 17.3 Å². The molecule has 2 aliphatic rings. The van der Waals surface area contributed by atoms with Crippen molar-refractivity contribution in [2.45, 2.75) is 56.7 Å². The number of H-pyrrole nitrogens is 2. The quantitative estimate of drug-likeness (QED) is 0.442. The van der Waals surface area contributed by atoms with Crippen LogP contribution in [0.5, 0.6) is 5.88 Å². The zero-order valence-electron chi connectivity index (χ0n) is 17.7. The van der Waals surface area contributed by atoms with Crippen molar-refractivity contribution in [2.24, 2.45) is 4.99 Å². The molecule has 0 atom stereocenters. The molecule has 0 aliphatic heterocycles. The summed E-state index contributed by atoms with van der Waals surface area (Å²) in [5.74, 6) is 0.305. The number of nitrogens with one attached hydrogen (secondary N) is 3. The third kappa shape index (κ3) is 4.18. The zero-order valence-corrected chi connectivity index (χ0v) is 17.7. The first-order chi connectivity index (χ1) is 15.0. The number of aromatic hydroxyl groups is 1. The van der Waals surface area contributed by atoms with Gasteiger partial charge < -0.3 is 20.3 Å². The summed E-state index contributed by atoms with van der Waals surface area (Å²) in [6.07, 6.45) is 9.77. The molecule has 4 N–H and O–H groups in total. The van der Waals surface area contributed by atoms with E-state index in [9.17, 15) is 9.90 Å². The van der Waals surface area contributed by atoms with Crippen LogP contribution in [0.25, 0.3) is 11.7 Å². The summed E-state index contributed by atoms with van der Waals surface area (Å²) in [5.41, 5.74) is 0.884. The molecule has 0 aromatic carbocycles. The average Bonchev–Trinajstić information content (AvgIpc) is 3.37. The minimum Gasteiger partial charge on any atom is -0.493 e. The Balaban J connectivity index is 1.52. The van der Waals surface area contributed by atoms with E-state index < -0.39 is 5.69 Å². The first kappa shape index (κ1) is 19.7. The molecule has 0 bridgehead atoms. The average molecular weight is 425 g/mol. The van der Waals surface area contributed by atoms with Gasteiger partial charge in [-0.3, -0.25) is 4.98 Å². The highest BCUT2D eigenvalue weighted by Gasteiger charge is 2.24. The van der Waals surface area contributed by atoms with E-state index >= 15 is 0 Å². The number of anilines is 1. The van der Waals surface area contributed by atoms with Gasteiger partial charge in [0.2, 0.25) is 11.8 Å². The molecule has 2 aliphatic carbocycles. The number of hydrogen-bond donors (Lipinski definition) is 4. The SMILES string of the molecule is CN(C)C1CCC(Nc2nc(=NC3CC3)n3ncc(=Cc4[nH]c(=O)[nH]c4O)c3n2)CC1. The predicted octanol–water partition coefficient (Wildman–Crippen LogP) is -0.258. The Labute approximate surface area is 178 Å². The molecule has 3 aromatic rings. The summed E-state index contributed by atoms with van der Waals surface area (Å²) in [6, 6.07) is 1.21. The van der Waals surface area contributed by atoms with Crippen LogP contribution in [-0.2, 0) is 0 Å². The second-order valence-corrected chi connectivity index (χ2v) is 8.64. The second kappa shape index (κ2) is 7.80. The third-order valence-electron chi connectivity index (χ3n) is 6.02. The van der Waals surface area contributed by atoms with E-state index in [1.165, 1.54) is 0 Å². The van der Waals surface area contributed by atoms with Crippen LogP contribution in [0.15, 0.2) is 16.0 Å². The van der Waals surface area contributed by atoms with E-state index in [0.29, 0.717) is 34.5 Å². The van der Waals surface area contributed by atoms with Crippen LogP contribution >= 0.6 is 0 Å². The number of rotatable bonds is 5. The van der Waals surface area contributed by atoms with Gasteiger partial charge in [-0.1, -0.05) is 0 Å². The molecule has 164 valence electrons. The van der Waals surface area contributed by atoms with Crippen LogP contribution in [0, 0.1) is 0 Å². The Bertz CT molecular complexity index is 1260. The number of imidazole rings is 1. The summed E-state index contributed by atoms with van der Waals surface area (Å²) >= 11 is 0. The first-order valence-electron chi connectivity index (χ1n) is 10.7. The highest BCUT2D eigenvalue weighted by molar-refractivity contribution is 5.57. The first-order valence-corrected chi connectivity index (χ1v) is 10.7. The van der Waals surface area contributed by atoms with Gasteiger partial charge in [-0.05, 0) is 58.7 Å². The maximum Gasteiger partial charge on any atom is 0.326 e. The van der Waals surface area contributed by atoms with Gasteiger partial charge in [0.1, 0.15) is 5.69 Å². The smallest absolute Gasteiger partial charge is 0.326 e. The Kier molecular flexibility index (Phi) is 4.97. The lowest BCUT2D eigenvalue weighted by atomic mass is 9.91. The summed E-state index contributed by atoms with van der Waals surface area (Å²) in [5, 5.41) is 18.4. The van der Waals surface area contributed by atoms with Crippen molar-refractivity contribution in [1.82, 2.24) is 34.4 Å². The molecule has 0 radical (unpaired) electrons. The van der Waals surface area contributed by atoms with Gasteiger partial charge in [0.15, 0.2) is 5.65 Å². The van der Waals surface area contributed by atoms with Crippen LogP contribution < -0.4 is 21.8 Å². The molecule has 0 spiro atoms. The van der Waals surface area contributed by atoms with Crippen LogP contribution in [0.3, 0.4) is 0 Å². The van der Waals surface area contributed by atoms with Gasteiger partial charge in [0.25, 0.3) is 5.62 Å². The number of aromatic amines is 2. The fraction of sp³-hybridized carbons (Fsp3) is 0.550. The molecule has 0 amide bonds. The monoisotopic (exact) mass is 425 g/mol. The number of aromatic nitrogens is 6. The molecule has 0 unspecified atom stereocenters. The minimum absolute atomic E-state index is 0.225. The topological polar surface area (TPSA) is 140 Å². The van der Waals surface area contributed by atoms with E-state index in [1.807, 2.05) is 0 Å². The Hall–Kier alpha value is -3.21. The molecular formula is C20H27N9O2. The van der Waals surface area contributed by atoms with Crippen LogP contribution in [0.4, 0.5) is 5.95 Å². The maximum atomic E-state index is 11.5. The molecule has 11 nitrogen and oxygen atoms in total. The highest BCUT2D eigenvalue weighted by atomic mass is 16.3. The molecular weight excluding hydrogens is 398 g/mol. The largest absolute Gasteiger partial charge is 0.493 e. The summed E-state index contributed by atoms with van der Waals surface area (Å²) in [7, 11) is 4.27. The number of fused-ring (bicyclic) bond motifs is 1. The molecule has 3 aromatic heterocycles. The number of hydrogen-bond acceptors (Lipinski definition) is 8. The van der Waals surface area contributed by atoms with Crippen molar-refractivity contribution in [2.75, 3.05) is 19.4 Å². The van der Waals surface area contributed by atoms with E-state index in [1.54, 1.807) is 16.8 Å². The second-order valence-electron chi connectivity index (χ2n) is 8.64. The lowest BCUT2D eigenvalue weighted by molar-refractivity contribution is 0.221. The summed E-state index contributed by atoms with van der Waals surface area (Å²) in [6.45, 7) is 0. The van der Waals surface area contributed by atoms with E-state index in [2.05, 4.69) is 44.4 Å². The van der Waals surface area contributed by atoms with Crippen molar-refractivity contribution in [1.29, 1.82) is 0 Å². The van der Waals surface area contributed by atoms with Crippen molar-refractivity contribution in [3.05, 3.63) is 33.2 Å². The molecule has 0 saturated heterocycles. The Morgan fingerprint density at radius 3 is 2.61 bits per heavy atom.